The summed E-state index contributed by atoms with van der Waals surface area (Å²) in [5.74, 6) is -2.10. The molecule has 2 amide bonds. The van der Waals surface area contributed by atoms with Crippen molar-refractivity contribution >= 4 is 29.3 Å². The van der Waals surface area contributed by atoms with Crippen LogP contribution in [-0.2, 0) is 11.8 Å². The van der Waals surface area contributed by atoms with Gasteiger partial charge in [-0.15, -0.1) is 0 Å². The van der Waals surface area contributed by atoms with E-state index in [0.29, 0.717) is 22.3 Å². The highest BCUT2D eigenvalue weighted by Gasteiger charge is 2.21. The molecule has 0 fully saturated rings. The Bertz CT molecular complexity index is 1290. The van der Waals surface area contributed by atoms with E-state index in [2.05, 4.69) is 10.6 Å². The van der Waals surface area contributed by atoms with Crippen LogP contribution in [0.2, 0.25) is 5.02 Å². The summed E-state index contributed by atoms with van der Waals surface area (Å²) in [6.45, 7) is 1.57. The predicted octanol–water partition coefficient (Wildman–Crippen LogP) is 4.20. The van der Waals surface area contributed by atoms with Gasteiger partial charge in [-0.3, -0.25) is 9.59 Å². The molecule has 8 nitrogen and oxygen atoms in total. The highest BCUT2D eigenvalue weighted by Crippen LogP contribution is 2.28. The minimum Gasteiger partial charge on any atom is -0.505 e. The summed E-state index contributed by atoms with van der Waals surface area (Å²) in [6, 6.07) is 9.05. The number of aryl methyl sites for hydroxylation is 2. The number of carbonyl (C=O) groups is 2. The lowest BCUT2D eigenvalue weighted by atomic mass is 9.98. The van der Waals surface area contributed by atoms with Gasteiger partial charge in [-0.1, -0.05) is 35.9 Å². The standard InChI is InChI=1S/C23H21ClFN3O5/c1-12-11-28(2)22(32)20(21(12)31)27-23(33)26-18(10-19(29)30)15-5-3-4-13(8-15)14-6-7-17(25)16(24)9-14/h3-9,11,18,31H,10H2,1-2H3,(H,29,30)(H2,26,27,33). The third-order valence-corrected chi connectivity index (χ3v) is 5.29. The van der Waals surface area contributed by atoms with Crippen LogP contribution in [-0.4, -0.2) is 26.8 Å². The molecule has 0 aliphatic carbocycles. The number of aromatic nitrogens is 1. The molecule has 3 rings (SSSR count). The lowest BCUT2D eigenvalue weighted by Gasteiger charge is -2.19. The van der Waals surface area contributed by atoms with Gasteiger partial charge in [0.2, 0.25) is 0 Å². The van der Waals surface area contributed by atoms with Gasteiger partial charge in [0.05, 0.1) is 17.5 Å². The normalized spacial score (nSPS) is 11.6. The van der Waals surface area contributed by atoms with E-state index >= 15 is 0 Å². The smallest absolute Gasteiger partial charge is 0.319 e. The minimum absolute atomic E-state index is 0.0583. The van der Waals surface area contributed by atoms with Crippen molar-refractivity contribution < 1.29 is 24.2 Å². The average molecular weight is 474 g/mol. The monoisotopic (exact) mass is 473 g/mol. The van der Waals surface area contributed by atoms with E-state index in [4.69, 9.17) is 11.6 Å². The Morgan fingerprint density at radius 1 is 1.18 bits per heavy atom. The largest absolute Gasteiger partial charge is 0.505 e. The number of anilines is 1. The van der Waals surface area contributed by atoms with Gasteiger partial charge < -0.3 is 25.4 Å². The summed E-state index contributed by atoms with van der Waals surface area (Å²) in [7, 11) is 1.47. The number of aliphatic carboxylic acids is 1. The van der Waals surface area contributed by atoms with E-state index < -0.39 is 35.8 Å². The lowest BCUT2D eigenvalue weighted by Crippen LogP contribution is -2.36. The predicted molar refractivity (Wildman–Crippen MR) is 122 cm³/mol. The molecule has 0 spiro atoms. The number of carbonyl (C=O) groups excluding carboxylic acids is 1. The fraction of sp³-hybridized carbons (Fsp3) is 0.174. The fourth-order valence-corrected chi connectivity index (χ4v) is 3.52. The molecule has 0 radical (unpaired) electrons. The van der Waals surface area contributed by atoms with Crippen LogP contribution >= 0.6 is 11.6 Å². The van der Waals surface area contributed by atoms with Crippen molar-refractivity contribution in [1.29, 1.82) is 0 Å². The van der Waals surface area contributed by atoms with Gasteiger partial charge in [-0.2, -0.15) is 0 Å². The van der Waals surface area contributed by atoms with Crippen molar-refractivity contribution in [2.24, 2.45) is 7.05 Å². The molecule has 0 aliphatic heterocycles. The Kier molecular flexibility index (Phi) is 7.03. The molecule has 0 aliphatic rings. The molecular formula is C23H21ClFN3O5. The van der Waals surface area contributed by atoms with E-state index in [1.165, 1.54) is 36.0 Å². The molecule has 33 heavy (non-hydrogen) atoms. The number of hydrogen-bond acceptors (Lipinski definition) is 4. The van der Waals surface area contributed by atoms with Gasteiger partial charge in [-0.25, -0.2) is 9.18 Å². The van der Waals surface area contributed by atoms with Crippen LogP contribution < -0.4 is 16.2 Å². The second-order valence-electron chi connectivity index (χ2n) is 7.46. The molecule has 2 aromatic carbocycles. The number of hydrogen-bond donors (Lipinski definition) is 4. The van der Waals surface area contributed by atoms with Crippen molar-refractivity contribution in [2.75, 3.05) is 5.32 Å². The van der Waals surface area contributed by atoms with Crippen LogP contribution in [0, 0.1) is 12.7 Å². The first-order valence-corrected chi connectivity index (χ1v) is 10.2. The molecule has 1 atom stereocenters. The van der Waals surface area contributed by atoms with Crippen molar-refractivity contribution in [2.45, 2.75) is 19.4 Å². The van der Waals surface area contributed by atoms with Crippen LogP contribution in [0.15, 0.2) is 53.5 Å². The Balaban J connectivity index is 1.89. The van der Waals surface area contributed by atoms with Crippen LogP contribution in [0.5, 0.6) is 5.75 Å². The van der Waals surface area contributed by atoms with Crippen LogP contribution in [0.25, 0.3) is 11.1 Å². The molecule has 0 saturated carbocycles. The number of pyridine rings is 1. The van der Waals surface area contributed by atoms with Crippen LogP contribution in [0.1, 0.15) is 23.6 Å². The number of halogens is 2. The molecular weight excluding hydrogens is 453 g/mol. The lowest BCUT2D eigenvalue weighted by molar-refractivity contribution is -0.137. The van der Waals surface area contributed by atoms with Crippen molar-refractivity contribution in [3.05, 3.63) is 81.0 Å². The Morgan fingerprint density at radius 2 is 1.88 bits per heavy atom. The number of carboxylic acids is 1. The van der Waals surface area contributed by atoms with E-state index in [1.54, 1.807) is 31.2 Å². The first-order chi connectivity index (χ1) is 15.6. The zero-order valence-corrected chi connectivity index (χ0v) is 18.5. The summed E-state index contributed by atoms with van der Waals surface area (Å²) >= 11 is 5.86. The zero-order chi connectivity index (χ0) is 24.3. The fourth-order valence-electron chi connectivity index (χ4n) is 3.34. The molecule has 172 valence electrons. The van der Waals surface area contributed by atoms with Crippen LogP contribution in [0.4, 0.5) is 14.9 Å². The topological polar surface area (TPSA) is 121 Å². The van der Waals surface area contributed by atoms with Crippen molar-refractivity contribution in [3.63, 3.8) is 0 Å². The van der Waals surface area contributed by atoms with E-state index in [9.17, 15) is 29.0 Å². The summed E-state index contributed by atoms with van der Waals surface area (Å²) in [5.41, 5.74) is 1.14. The number of rotatable bonds is 6. The Hall–Kier alpha value is -3.85. The maximum atomic E-state index is 13.5. The number of nitrogens with zero attached hydrogens (tertiary/aromatic N) is 1. The number of aromatic hydroxyl groups is 1. The summed E-state index contributed by atoms with van der Waals surface area (Å²) in [4.78, 5) is 36.3. The maximum Gasteiger partial charge on any atom is 0.319 e. The minimum atomic E-state index is -1.16. The summed E-state index contributed by atoms with van der Waals surface area (Å²) in [6.07, 6.45) is 0.972. The van der Waals surface area contributed by atoms with E-state index in [0.717, 1.165) is 0 Å². The van der Waals surface area contributed by atoms with Gasteiger partial charge in [0, 0.05) is 18.8 Å². The Morgan fingerprint density at radius 3 is 2.55 bits per heavy atom. The SMILES string of the molecule is Cc1cn(C)c(=O)c(NC(=O)NC(CC(=O)O)c2cccc(-c3ccc(F)c(Cl)c3)c2)c1O. The molecule has 0 bridgehead atoms. The van der Waals surface area contributed by atoms with Gasteiger partial charge in [0.25, 0.3) is 5.56 Å². The summed E-state index contributed by atoms with van der Waals surface area (Å²) < 4.78 is 14.7. The van der Waals surface area contributed by atoms with E-state index in [-0.39, 0.29) is 16.5 Å². The average Bonchev–Trinajstić information content (AvgIpc) is 2.76. The summed E-state index contributed by atoms with van der Waals surface area (Å²) in [5, 5.41) is 24.3. The van der Waals surface area contributed by atoms with Crippen molar-refractivity contribution in [3.8, 4) is 16.9 Å². The number of benzene rings is 2. The van der Waals surface area contributed by atoms with Gasteiger partial charge >= 0.3 is 12.0 Å². The number of carboxylic acid groups (broad SMARTS) is 1. The molecule has 3 aromatic rings. The highest BCUT2D eigenvalue weighted by molar-refractivity contribution is 6.31. The van der Waals surface area contributed by atoms with Crippen molar-refractivity contribution in [1.82, 2.24) is 9.88 Å². The van der Waals surface area contributed by atoms with Gasteiger partial charge in [-0.05, 0) is 41.8 Å². The molecule has 1 unspecified atom stereocenters. The molecule has 1 heterocycles. The number of urea groups is 1. The highest BCUT2D eigenvalue weighted by atomic mass is 35.5. The maximum absolute atomic E-state index is 13.5. The van der Waals surface area contributed by atoms with E-state index in [1.807, 2.05) is 0 Å². The molecule has 4 N–H and O–H groups in total. The second kappa shape index (κ2) is 9.74. The number of nitrogens with one attached hydrogen (secondary N) is 2. The first kappa shape index (κ1) is 23.8. The van der Waals surface area contributed by atoms with Crippen LogP contribution in [0.3, 0.4) is 0 Å². The second-order valence-corrected chi connectivity index (χ2v) is 7.86. The third-order valence-electron chi connectivity index (χ3n) is 5.00. The molecule has 1 aromatic heterocycles. The zero-order valence-electron chi connectivity index (χ0n) is 17.7. The Labute approximate surface area is 193 Å². The third kappa shape index (κ3) is 5.50. The molecule has 10 heteroatoms. The molecule has 0 saturated heterocycles. The van der Waals surface area contributed by atoms with Gasteiger partial charge in [0.1, 0.15) is 11.6 Å². The number of amides is 2. The van der Waals surface area contributed by atoms with Gasteiger partial charge in [0.15, 0.2) is 5.69 Å². The first-order valence-electron chi connectivity index (χ1n) is 9.80. The quantitative estimate of drug-likeness (QED) is 0.427.